The molecule has 2 atom stereocenters. The van der Waals surface area contributed by atoms with Crippen LogP contribution in [0.2, 0.25) is 0 Å². The number of hydrogen-bond acceptors (Lipinski definition) is 5. The molecule has 0 aliphatic heterocycles. The zero-order chi connectivity index (χ0) is 28.0. The molecule has 0 fully saturated rings. The van der Waals surface area contributed by atoms with E-state index in [9.17, 15) is 4.79 Å². The van der Waals surface area contributed by atoms with Gasteiger partial charge < -0.3 is 14.2 Å². The number of esters is 1. The average Bonchev–Trinajstić information content (AvgIpc) is 3.01. The van der Waals surface area contributed by atoms with E-state index in [0.29, 0.717) is 31.5 Å². The van der Waals surface area contributed by atoms with Crippen molar-refractivity contribution in [1.82, 2.24) is 4.90 Å². The van der Waals surface area contributed by atoms with Crippen molar-refractivity contribution in [3.05, 3.63) is 144 Å². The summed E-state index contributed by atoms with van der Waals surface area (Å²) in [5.74, 6) is -0.318. The molecule has 0 bridgehead atoms. The van der Waals surface area contributed by atoms with E-state index in [1.165, 1.54) is 16.7 Å². The van der Waals surface area contributed by atoms with Crippen molar-refractivity contribution in [2.45, 2.75) is 50.8 Å². The van der Waals surface area contributed by atoms with E-state index >= 15 is 0 Å². The molecular formula is C35H39NO4. The number of methoxy groups -OCH3 is 2. The number of carbonyl (C=O) groups is 1. The Morgan fingerprint density at radius 1 is 0.650 bits per heavy atom. The lowest BCUT2D eigenvalue weighted by Gasteiger charge is -2.37. The fraction of sp³-hybridized carbons (Fsp3) is 0.286. The van der Waals surface area contributed by atoms with Crippen molar-refractivity contribution in [2.75, 3.05) is 14.2 Å². The van der Waals surface area contributed by atoms with Gasteiger partial charge in [0.15, 0.2) is 6.29 Å². The topological polar surface area (TPSA) is 48.0 Å². The smallest absolute Gasteiger partial charge is 0.338 e. The molecule has 0 saturated heterocycles. The van der Waals surface area contributed by atoms with E-state index in [1.54, 1.807) is 26.4 Å². The van der Waals surface area contributed by atoms with E-state index in [2.05, 4.69) is 65.6 Å². The van der Waals surface area contributed by atoms with Gasteiger partial charge in [-0.3, -0.25) is 4.90 Å². The van der Waals surface area contributed by atoms with Crippen molar-refractivity contribution in [2.24, 2.45) is 0 Å². The van der Waals surface area contributed by atoms with Crippen LogP contribution in [-0.2, 0) is 33.7 Å². The molecule has 0 aliphatic carbocycles. The molecule has 5 heteroatoms. The lowest BCUT2D eigenvalue weighted by molar-refractivity contribution is -0.157. The maximum absolute atomic E-state index is 13.2. The van der Waals surface area contributed by atoms with Gasteiger partial charge in [-0.15, -0.1) is 0 Å². The highest BCUT2D eigenvalue weighted by Gasteiger charge is 2.32. The molecule has 0 amide bonds. The molecule has 4 aromatic carbocycles. The van der Waals surface area contributed by atoms with Crippen LogP contribution >= 0.6 is 0 Å². The molecular weight excluding hydrogens is 498 g/mol. The first-order valence-electron chi connectivity index (χ1n) is 13.8. The summed E-state index contributed by atoms with van der Waals surface area (Å²) in [6, 6.07) is 40.1. The van der Waals surface area contributed by atoms with Crippen LogP contribution in [0.25, 0.3) is 0 Å². The lowest BCUT2D eigenvalue weighted by atomic mass is 9.98. The van der Waals surface area contributed by atoms with Gasteiger partial charge in [0.05, 0.1) is 11.6 Å². The first-order chi connectivity index (χ1) is 19.7. The van der Waals surface area contributed by atoms with Crippen LogP contribution in [0.1, 0.15) is 39.9 Å². The second-order valence-electron chi connectivity index (χ2n) is 9.94. The van der Waals surface area contributed by atoms with Crippen molar-refractivity contribution in [3.63, 3.8) is 0 Å². The fourth-order valence-corrected chi connectivity index (χ4v) is 5.03. The van der Waals surface area contributed by atoms with Crippen LogP contribution in [0.5, 0.6) is 0 Å². The number of ether oxygens (including phenoxy) is 3. The summed E-state index contributed by atoms with van der Waals surface area (Å²) in [5, 5.41) is 0. The number of nitrogens with zero attached hydrogens (tertiary/aromatic N) is 1. The summed E-state index contributed by atoms with van der Waals surface area (Å²) in [7, 11) is 3.33. The quantitative estimate of drug-likeness (QED) is 0.122. The van der Waals surface area contributed by atoms with E-state index in [0.717, 1.165) is 6.42 Å². The number of aryl methyl sites for hydroxylation is 1. The van der Waals surface area contributed by atoms with Crippen molar-refractivity contribution in [3.8, 4) is 0 Å². The zero-order valence-electron chi connectivity index (χ0n) is 23.4. The summed E-state index contributed by atoms with van der Waals surface area (Å²) >= 11 is 0. The molecule has 40 heavy (non-hydrogen) atoms. The second-order valence-corrected chi connectivity index (χ2v) is 9.94. The van der Waals surface area contributed by atoms with Gasteiger partial charge in [0.1, 0.15) is 6.10 Å². The highest BCUT2D eigenvalue weighted by atomic mass is 16.7. The molecule has 0 spiro atoms. The molecule has 4 aromatic rings. The van der Waals surface area contributed by atoms with Gasteiger partial charge in [-0.2, -0.15) is 0 Å². The minimum Gasteiger partial charge on any atom is -0.459 e. The number of carbonyl (C=O) groups excluding carboxylic acids is 1. The van der Waals surface area contributed by atoms with Gasteiger partial charge in [-0.25, -0.2) is 4.79 Å². The predicted octanol–water partition coefficient (Wildman–Crippen LogP) is 6.92. The van der Waals surface area contributed by atoms with Gasteiger partial charge in [-0.1, -0.05) is 109 Å². The van der Waals surface area contributed by atoms with Crippen LogP contribution in [0.3, 0.4) is 0 Å². The maximum atomic E-state index is 13.2. The minimum absolute atomic E-state index is 0.181. The largest absolute Gasteiger partial charge is 0.459 e. The molecule has 0 radical (unpaired) electrons. The molecule has 0 aromatic heterocycles. The second kappa shape index (κ2) is 15.7. The first-order valence-corrected chi connectivity index (χ1v) is 13.8. The third kappa shape index (κ3) is 8.88. The monoisotopic (exact) mass is 537 g/mol. The summed E-state index contributed by atoms with van der Waals surface area (Å²) in [6.07, 6.45) is 1.17. The highest BCUT2D eigenvalue weighted by Crippen LogP contribution is 2.25. The van der Waals surface area contributed by atoms with Crippen LogP contribution in [0.4, 0.5) is 0 Å². The number of hydrogen-bond donors (Lipinski definition) is 0. The van der Waals surface area contributed by atoms with Gasteiger partial charge in [0, 0.05) is 33.7 Å². The number of rotatable bonds is 15. The van der Waals surface area contributed by atoms with Crippen LogP contribution in [0.15, 0.2) is 121 Å². The zero-order valence-corrected chi connectivity index (χ0v) is 23.4. The summed E-state index contributed by atoms with van der Waals surface area (Å²) in [5.41, 5.74) is 4.14. The molecule has 0 heterocycles. The SMILES string of the molecule is COC(OC)[C@@H](C[C@@H](CCc1ccccc1)OC(=O)c1ccccc1)N(Cc1ccccc1)Cc1ccccc1. The molecule has 0 unspecified atom stereocenters. The third-order valence-electron chi connectivity index (χ3n) is 7.09. The normalized spacial score (nSPS) is 12.8. The third-order valence-corrected chi connectivity index (χ3v) is 7.09. The van der Waals surface area contributed by atoms with E-state index in [-0.39, 0.29) is 18.1 Å². The molecule has 208 valence electrons. The molecule has 0 N–H and O–H groups in total. The van der Waals surface area contributed by atoms with E-state index < -0.39 is 6.29 Å². The average molecular weight is 538 g/mol. The maximum Gasteiger partial charge on any atom is 0.338 e. The fourth-order valence-electron chi connectivity index (χ4n) is 5.03. The predicted molar refractivity (Wildman–Crippen MR) is 159 cm³/mol. The van der Waals surface area contributed by atoms with E-state index in [1.807, 2.05) is 48.5 Å². The summed E-state index contributed by atoms with van der Waals surface area (Å²) in [4.78, 5) is 15.6. The van der Waals surface area contributed by atoms with Crippen molar-refractivity contribution in [1.29, 1.82) is 0 Å². The Hall–Kier alpha value is -3.77. The van der Waals surface area contributed by atoms with Gasteiger partial charge in [0.2, 0.25) is 0 Å². The summed E-state index contributed by atoms with van der Waals surface area (Å²) in [6.45, 7) is 1.39. The van der Waals surface area contributed by atoms with Crippen molar-refractivity contribution >= 4 is 5.97 Å². The van der Waals surface area contributed by atoms with Gasteiger partial charge in [-0.05, 0) is 41.7 Å². The Morgan fingerprint density at radius 3 is 1.57 bits per heavy atom. The molecule has 0 saturated carbocycles. The Labute approximate surface area is 238 Å². The Morgan fingerprint density at radius 2 is 1.10 bits per heavy atom. The Kier molecular flexibility index (Phi) is 11.5. The molecule has 0 aliphatic rings. The van der Waals surface area contributed by atoms with Gasteiger partial charge >= 0.3 is 5.97 Å². The first kappa shape index (κ1) is 29.2. The highest BCUT2D eigenvalue weighted by molar-refractivity contribution is 5.89. The van der Waals surface area contributed by atoms with Crippen molar-refractivity contribution < 1.29 is 19.0 Å². The standard InChI is InChI=1S/C35H39NO4/c1-38-35(39-2)33(36(26-29-17-9-4-10-18-29)27-30-19-11-5-12-20-30)25-32(24-23-28-15-7-3-8-16-28)40-34(37)31-21-13-6-14-22-31/h3-22,32-33,35H,23-27H2,1-2H3/t32-,33-/m1/s1. The summed E-state index contributed by atoms with van der Waals surface area (Å²) < 4.78 is 17.9. The molecule has 5 nitrogen and oxygen atoms in total. The van der Waals surface area contributed by atoms with Crippen LogP contribution < -0.4 is 0 Å². The van der Waals surface area contributed by atoms with Crippen LogP contribution in [0, 0.1) is 0 Å². The lowest BCUT2D eigenvalue weighted by Crippen LogP contribution is -2.47. The molecule has 4 rings (SSSR count). The minimum atomic E-state index is -0.512. The van der Waals surface area contributed by atoms with Gasteiger partial charge in [0.25, 0.3) is 0 Å². The number of benzene rings is 4. The van der Waals surface area contributed by atoms with E-state index in [4.69, 9.17) is 14.2 Å². The Bertz CT molecular complexity index is 1210. The Balaban J connectivity index is 1.63. The van der Waals surface area contributed by atoms with Crippen LogP contribution in [-0.4, -0.2) is 43.5 Å².